The number of carbonyl (C=O) groups excluding carboxylic acids is 1. The zero-order valence-electron chi connectivity index (χ0n) is 13.2. The fourth-order valence-electron chi connectivity index (χ4n) is 3.01. The quantitative estimate of drug-likeness (QED) is 0.682. The molecule has 1 amide bonds. The number of aromatic nitrogens is 1. The highest BCUT2D eigenvalue weighted by Gasteiger charge is 2.51. The van der Waals surface area contributed by atoms with Crippen LogP contribution >= 0.6 is 0 Å². The molecular formula is C20H15FN2O2. The first-order chi connectivity index (χ1) is 12.3. The molecule has 0 aliphatic carbocycles. The van der Waals surface area contributed by atoms with Crippen molar-refractivity contribution in [1.82, 2.24) is 4.98 Å². The monoisotopic (exact) mass is 334 g/mol. The van der Waals surface area contributed by atoms with Gasteiger partial charge >= 0.3 is 0 Å². The van der Waals surface area contributed by atoms with E-state index in [1.165, 1.54) is 12.1 Å². The van der Waals surface area contributed by atoms with Gasteiger partial charge in [0.25, 0.3) is 5.91 Å². The van der Waals surface area contributed by atoms with E-state index in [0.717, 1.165) is 11.3 Å². The van der Waals surface area contributed by atoms with Crippen LogP contribution in [-0.4, -0.2) is 17.0 Å². The molecule has 0 bridgehead atoms. The second kappa shape index (κ2) is 6.36. The van der Waals surface area contributed by atoms with Crippen molar-refractivity contribution in [2.45, 2.75) is 12.1 Å². The van der Waals surface area contributed by atoms with Gasteiger partial charge in [0.15, 0.2) is 11.6 Å². The largest absolute Gasteiger partial charge is 0.475 e. The Balaban J connectivity index is 1.69. The minimum absolute atomic E-state index is 0.0717. The molecular weight excluding hydrogens is 319 g/mol. The first kappa shape index (κ1) is 15.3. The van der Waals surface area contributed by atoms with E-state index in [1.807, 2.05) is 42.5 Å². The second-order valence-electron chi connectivity index (χ2n) is 5.74. The average molecular weight is 334 g/mol. The normalized spacial score (nSPS) is 19.4. The van der Waals surface area contributed by atoms with Crippen LogP contribution in [0.25, 0.3) is 0 Å². The molecule has 0 saturated carbocycles. The van der Waals surface area contributed by atoms with Crippen LogP contribution in [-0.2, 0) is 4.79 Å². The Hall–Kier alpha value is -3.21. The number of halogens is 1. The third-order valence-electron chi connectivity index (χ3n) is 4.20. The molecule has 3 aromatic rings. The molecule has 1 saturated heterocycles. The van der Waals surface area contributed by atoms with Gasteiger partial charge in [0, 0.05) is 18.1 Å². The van der Waals surface area contributed by atoms with Crippen molar-refractivity contribution in [2.75, 3.05) is 4.90 Å². The number of β-lactam (4-membered cyclic amide) rings is 1. The van der Waals surface area contributed by atoms with E-state index in [9.17, 15) is 9.18 Å². The van der Waals surface area contributed by atoms with E-state index in [2.05, 4.69) is 4.98 Å². The van der Waals surface area contributed by atoms with E-state index >= 15 is 0 Å². The standard InChI is InChI=1S/C20H15FN2O2/c21-16-10-4-5-11-17(16)25-19-18(14-7-6-12-22-13-14)23(20(19)24)15-8-2-1-3-9-15/h1-13,18-19H/t18-,19+/m1/s1. The number of rotatable bonds is 4. The molecule has 1 aliphatic rings. The van der Waals surface area contributed by atoms with Crippen LogP contribution in [0.15, 0.2) is 79.1 Å². The number of benzene rings is 2. The predicted octanol–water partition coefficient (Wildman–Crippen LogP) is 3.76. The summed E-state index contributed by atoms with van der Waals surface area (Å²) in [5, 5.41) is 0. The second-order valence-corrected chi connectivity index (χ2v) is 5.74. The van der Waals surface area contributed by atoms with Crippen molar-refractivity contribution in [3.05, 3.63) is 90.5 Å². The Kier molecular flexibility index (Phi) is 3.90. The van der Waals surface area contributed by atoms with Gasteiger partial charge in [-0.15, -0.1) is 0 Å². The number of ether oxygens (including phenoxy) is 1. The number of pyridine rings is 1. The van der Waals surface area contributed by atoms with Gasteiger partial charge in [0.2, 0.25) is 6.10 Å². The molecule has 2 aromatic carbocycles. The molecule has 124 valence electrons. The molecule has 0 unspecified atom stereocenters. The lowest BCUT2D eigenvalue weighted by atomic mass is 9.90. The lowest BCUT2D eigenvalue weighted by molar-refractivity contribution is -0.135. The van der Waals surface area contributed by atoms with Crippen molar-refractivity contribution in [3.63, 3.8) is 0 Å². The van der Waals surface area contributed by atoms with Crippen molar-refractivity contribution >= 4 is 11.6 Å². The molecule has 25 heavy (non-hydrogen) atoms. The number of hydrogen-bond donors (Lipinski definition) is 0. The molecule has 0 spiro atoms. The highest BCUT2D eigenvalue weighted by Crippen LogP contribution is 2.41. The Morgan fingerprint density at radius 1 is 0.960 bits per heavy atom. The summed E-state index contributed by atoms with van der Waals surface area (Å²) in [6.07, 6.45) is 2.58. The summed E-state index contributed by atoms with van der Waals surface area (Å²) < 4.78 is 19.6. The lowest BCUT2D eigenvalue weighted by Gasteiger charge is -2.46. The lowest BCUT2D eigenvalue weighted by Crippen LogP contribution is -2.61. The van der Waals surface area contributed by atoms with E-state index < -0.39 is 11.9 Å². The van der Waals surface area contributed by atoms with Crippen molar-refractivity contribution < 1.29 is 13.9 Å². The molecule has 1 fully saturated rings. The van der Waals surface area contributed by atoms with Crippen LogP contribution in [0.2, 0.25) is 0 Å². The van der Waals surface area contributed by atoms with E-state index in [4.69, 9.17) is 4.74 Å². The third kappa shape index (κ3) is 2.74. The minimum atomic E-state index is -0.790. The van der Waals surface area contributed by atoms with Crippen LogP contribution in [0.3, 0.4) is 0 Å². The van der Waals surface area contributed by atoms with Crippen molar-refractivity contribution in [1.29, 1.82) is 0 Å². The van der Waals surface area contributed by atoms with Crippen LogP contribution in [0.4, 0.5) is 10.1 Å². The predicted molar refractivity (Wildman–Crippen MR) is 91.7 cm³/mol. The summed E-state index contributed by atoms with van der Waals surface area (Å²) in [5.41, 5.74) is 1.61. The molecule has 0 radical (unpaired) electrons. The summed E-state index contributed by atoms with van der Waals surface area (Å²) in [6, 6.07) is 18.8. The first-order valence-corrected chi connectivity index (χ1v) is 7.95. The summed E-state index contributed by atoms with van der Waals surface area (Å²) >= 11 is 0. The molecule has 4 rings (SSSR count). The molecule has 2 heterocycles. The maximum Gasteiger partial charge on any atom is 0.271 e. The fourth-order valence-corrected chi connectivity index (χ4v) is 3.01. The van der Waals surface area contributed by atoms with Crippen molar-refractivity contribution in [2.24, 2.45) is 0 Å². The van der Waals surface area contributed by atoms with Gasteiger partial charge in [-0.1, -0.05) is 36.4 Å². The molecule has 2 atom stereocenters. The van der Waals surface area contributed by atoms with Gasteiger partial charge in [0.05, 0.1) is 0 Å². The first-order valence-electron chi connectivity index (χ1n) is 7.95. The van der Waals surface area contributed by atoms with Crippen LogP contribution in [0.5, 0.6) is 5.75 Å². The number of anilines is 1. The molecule has 5 heteroatoms. The minimum Gasteiger partial charge on any atom is -0.475 e. The van der Waals surface area contributed by atoms with Gasteiger partial charge in [-0.3, -0.25) is 14.7 Å². The van der Waals surface area contributed by atoms with Crippen LogP contribution in [0.1, 0.15) is 11.6 Å². The molecule has 0 N–H and O–H groups in total. The highest BCUT2D eigenvalue weighted by molar-refractivity contribution is 6.05. The number of carbonyl (C=O) groups is 1. The van der Waals surface area contributed by atoms with Crippen LogP contribution in [0, 0.1) is 5.82 Å². The summed E-state index contributed by atoms with van der Waals surface area (Å²) in [7, 11) is 0. The zero-order valence-corrected chi connectivity index (χ0v) is 13.2. The summed E-state index contributed by atoms with van der Waals surface area (Å²) in [5.74, 6) is -0.621. The summed E-state index contributed by atoms with van der Waals surface area (Å²) in [4.78, 5) is 18.5. The van der Waals surface area contributed by atoms with Crippen molar-refractivity contribution in [3.8, 4) is 5.75 Å². The maximum atomic E-state index is 13.9. The Bertz CT molecular complexity index is 886. The average Bonchev–Trinajstić information content (AvgIpc) is 2.66. The zero-order chi connectivity index (χ0) is 17.2. The number of hydrogen-bond acceptors (Lipinski definition) is 3. The number of para-hydroxylation sites is 2. The number of amides is 1. The Morgan fingerprint density at radius 2 is 1.72 bits per heavy atom. The Morgan fingerprint density at radius 3 is 2.44 bits per heavy atom. The SMILES string of the molecule is O=C1[C@@H](Oc2ccccc2F)[C@@H](c2cccnc2)N1c1ccccc1. The number of nitrogens with zero attached hydrogens (tertiary/aromatic N) is 2. The molecule has 4 nitrogen and oxygen atoms in total. The van der Waals surface area contributed by atoms with E-state index in [1.54, 1.807) is 29.4 Å². The highest BCUT2D eigenvalue weighted by atomic mass is 19.1. The van der Waals surface area contributed by atoms with E-state index in [0.29, 0.717) is 0 Å². The van der Waals surface area contributed by atoms with Gasteiger partial charge in [-0.2, -0.15) is 0 Å². The van der Waals surface area contributed by atoms with Gasteiger partial charge in [-0.25, -0.2) is 4.39 Å². The topological polar surface area (TPSA) is 42.4 Å². The van der Waals surface area contributed by atoms with Gasteiger partial charge in [-0.05, 0) is 35.9 Å². The molecule has 1 aromatic heterocycles. The molecule has 1 aliphatic heterocycles. The van der Waals surface area contributed by atoms with E-state index in [-0.39, 0.29) is 17.7 Å². The third-order valence-corrected chi connectivity index (χ3v) is 4.20. The fraction of sp³-hybridized carbons (Fsp3) is 0.100. The van der Waals surface area contributed by atoms with Gasteiger partial charge < -0.3 is 4.74 Å². The van der Waals surface area contributed by atoms with Crippen LogP contribution < -0.4 is 9.64 Å². The smallest absolute Gasteiger partial charge is 0.271 e. The maximum absolute atomic E-state index is 13.9. The summed E-state index contributed by atoms with van der Waals surface area (Å²) in [6.45, 7) is 0. The Labute approximate surface area is 144 Å². The van der Waals surface area contributed by atoms with Gasteiger partial charge in [0.1, 0.15) is 6.04 Å².